The summed E-state index contributed by atoms with van der Waals surface area (Å²) >= 11 is 1.87. The smallest absolute Gasteiger partial charge is 0.239 e. The lowest BCUT2D eigenvalue weighted by molar-refractivity contribution is -0.138. The monoisotopic (exact) mass is 256 g/mol. The van der Waals surface area contributed by atoms with Gasteiger partial charge in [-0.1, -0.05) is 0 Å². The fourth-order valence-corrected chi connectivity index (χ4v) is 4.83. The van der Waals surface area contributed by atoms with Gasteiger partial charge in [-0.25, -0.2) is 0 Å². The second kappa shape index (κ2) is 4.44. The van der Waals surface area contributed by atoms with E-state index in [1.54, 1.807) is 0 Å². The van der Waals surface area contributed by atoms with Gasteiger partial charge in [-0.2, -0.15) is 11.8 Å². The summed E-state index contributed by atoms with van der Waals surface area (Å²) in [5.74, 6) is 1.54. The molecular formula is C12H20N2O2S. The van der Waals surface area contributed by atoms with Crippen molar-refractivity contribution in [2.24, 2.45) is 5.92 Å². The first-order valence-corrected chi connectivity index (χ1v) is 7.50. The van der Waals surface area contributed by atoms with E-state index in [1.807, 2.05) is 23.7 Å². The largest absolute Gasteiger partial charge is 0.392 e. The van der Waals surface area contributed by atoms with Crippen LogP contribution < -0.4 is 0 Å². The van der Waals surface area contributed by atoms with Crippen LogP contribution in [0.1, 0.15) is 12.8 Å². The molecule has 0 radical (unpaired) electrons. The normalized spacial score (nSPS) is 43.2. The first-order chi connectivity index (χ1) is 8.16. The van der Waals surface area contributed by atoms with E-state index in [0.29, 0.717) is 11.2 Å². The summed E-state index contributed by atoms with van der Waals surface area (Å²) in [6.45, 7) is 2.78. The Morgan fingerprint density at radius 1 is 1.41 bits per heavy atom. The zero-order chi connectivity index (χ0) is 12.0. The van der Waals surface area contributed by atoms with Crippen molar-refractivity contribution in [2.75, 3.05) is 32.4 Å². The van der Waals surface area contributed by atoms with E-state index in [-0.39, 0.29) is 18.1 Å². The molecule has 96 valence electrons. The number of piperidine rings is 1. The van der Waals surface area contributed by atoms with Gasteiger partial charge in [0.2, 0.25) is 5.91 Å². The van der Waals surface area contributed by atoms with Crippen LogP contribution in [-0.4, -0.2) is 70.6 Å². The van der Waals surface area contributed by atoms with Gasteiger partial charge < -0.3 is 10.0 Å². The highest BCUT2D eigenvalue weighted by Crippen LogP contribution is 2.39. The molecule has 3 heterocycles. The zero-order valence-electron chi connectivity index (χ0n) is 10.2. The Balaban J connectivity index is 1.68. The zero-order valence-corrected chi connectivity index (χ0v) is 11.0. The van der Waals surface area contributed by atoms with Crippen LogP contribution >= 0.6 is 11.8 Å². The van der Waals surface area contributed by atoms with Crippen molar-refractivity contribution in [2.45, 2.75) is 30.2 Å². The lowest BCUT2D eigenvalue weighted by Gasteiger charge is -2.35. The van der Waals surface area contributed by atoms with Gasteiger partial charge in [-0.15, -0.1) is 0 Å². The summed E-state index contributed by atoms with van der Waals surface area (Å²) in [6, 6.07) is 0.0761. The van der Waals surface area contributed by atoms with Gasteiger partial charge in [-0.3, -0.25) is 9.69 Å². The SMILES string of the molecule is CN1CCCC(N2CC3SCC(O)C3C2)C1=O. The molecular weight excluding hydrogens is 236 g/mol. The van der Waals surface area contributed by atoms with Crippen molar-refractivity contribution in [1.82, 2.24) is 9.80 Å². The van der Waals surface area contributed by atoms with E-state index in [1.165, 1.54) is 0 Å². The summed E-state index contributed by atoms with van der Waals surface area (Å²) in [5.41, 5.74) is 0. The van der Waals surface area contributed by atoms with Crippen LogP contribution in [-0.2, 0) is 4.79 Å². The molecule has 3 aliphatic rings. The van der Waals surface area contributed by atoms with Crippen molar-refractivity contribution >= 4 is 17.7 Å². The van der Waals surface area contributed by atoms with Crippen molar-refractivity contribution in [1.29, 1.82) is 0 Å². The number of fused-ring (bicyclic) bond motifs is 1. The predicted molar refractivity (Wildman–Crippen MR) is 68.0 cm³/mol. The molecule has 4 unspecified atom stereocenters. The molecule has 5 heteroatoms. The number of likely N-dealkylation sites (N-methyl/N-ethyl adjacent to an activating group) is 1. The minimum Gasteiger partial charge on any atom is -0.392 e. The Morgan fingerprint density at radius 2 is 2.24 bits per heavy atom. The van der Waals surface area contributed by atoms with Gasteiger partial charge >= 0.3 is 0 Å². The number of nitrogens with zero attached hydrogens (tertiary/aromatic N) is 2. The molecule has 0 aliphatic carbocycles. The van der Waals surface area contributed by atoms with E-state index < -0.39 is 0 Å². The second-order valence-electron chi connectivity index (χ2n) is 5.47. The first-order valence-electron chi connectivity index (χ1n) is 6.45. The number of thioether (sulfide) groups is 1. The average molecular weight is 256 g/mol. The summed E-state index contributed by atoms with van der Waals surface area (Å²) in [6.07, 6.45) is 1.93. The molecule has 3 fully saturated rings. The lowest BCUT2D eigenvalue weighted by atomic mass is 10.0. The topological polar surface area (TPSA) is 43.8 Å². The Labute approximate surface area is 106 Å². The Morgan fingerprint density at radius 3 is 3.00 bits per heavy atom. The average Bonchev–Trinajstić information content (AvgIpc) is 2.85. The molecule has 0 aromatic carbocycles. The standard InChI is InChI=1S/C12H20N2O2S/c1-13-4-2-3-9(12(13)16)14-5-8-10(15)7-17-11(8)6-14/h8-11,15H,2-7H2,1H3. The highest BCUT2D eigenvalue weighted by molar-refractivity contribution is 8.00. The molecule has 3 rings (SSSR count). The maximum atomic E-state index is 12.1. The number of hydrogen-bond acceptors (Lipinski definition) is 4. The van der Waals surface area contributed by atoms with Gasteiger partial charge in [-0.05, 0) is 12.8 Å². The van der Waals surface area contributed by atoms with Gasteiger partial charge in [0.15, 0.2) is 0 Å². The van der Waals surface area contributed by atoms with Crippen molar-refractivity contribution in [3.05, 3.63) is 0 Å². The molecule has 1 N–H and O–H groups in total. The molecule has 17 heavy (non-hydrogen) atoms. The van der Waals surface area contributed by atoms with Crippen LogP contribution in [0.5, 0.6) is 0 Å². The number of rotatable bonds is 1. The number of amides is 1. The quantitative estimate of drug-likeness (QED) is 0.718. The molecule has 1 amide bonds. The van der Waals surface area contributed by atoms with Crippen LogP contribution in [0.3, 0.4) is 0 Å². The van der Waals surface area contributed by atoms with E-state index in [9.17, 15) is 9.90 Å². The summed E-state index contributed by atoms with van der Waals surface area (Å²) in [7, 11) is 1.90. The molecule has 4 atom stereocenters. The maximum Gasteiger partial charge on any atom is 0.239 e. The number of aliphatic hydroxyl groups is 1. The van der Waals surface area contributed by atoms with Gasteiger partial charge in [0.1, 0.15) is 0 Å². The van der Waals surface area contributed by atoms with E-state index in [2.05, 4.69) is 4.90 Å². The molecule has 0 spiro atoms. The van der Waals surface area contributed by atoms with Crippen LogP contribution in [0.4, 0.5) is 0 Å². The summed E-state index contributed by atoms with van der Waals surface area (Å²) in [5, 5.41) is 10.4. The van der Waals surface area contributed by atoms with Crippen LogP contribution in [0.2, 0.25) is 0 Å². The fraction of sp³-hybridized carbons (Fsp3) is 0.917. The number of hydrogen-bond donors (Lipinski definition) is 1. The van der Waals surface area contributed by atoms with Gasteiger partial charge in [0.25, 0.3) is 0 Å². The van der Waals surface area contributed by atoms with Crippen LogP contribution in [0, 0.1) is 5.92 Å². The minimum atomic E-state index is -0.161. The molecule has 0 saturated carbocycles. The van der Waals surface area contributed by atoms with Crippen LogP contribution in [0.25, 0.3) is 0 Å². The molecule has 4 nitrogen and oxygen atoms in total. The minimum absolute atomic E-state index is 0.0761. The van der Waals surface area contributed by atoms with Crippen molar-refractivity contribution in [3.8, 4) is 0 Å². The molecule has 3 aliphatic heterocycles. The van der Waals surface area contributed by atoms with Crippen LogP contribution in [0.15, 0.2) is 0 Å². The Kier molecular flexibility index (Phi) is 3.09. The summed E-state index contributed by atoms with van der Waals surface area (Å²) < 4.78 is 0. The Hall–Kier alpha value is -0.260. The molecule has 3 saturated heterocycles. The third-order valence-corrected chi connectivity index (χ3v) is 5.85. The highest BCUT2D eigenvalue weighted by Gasteiger charge is 2.46. The highest BCUT2D eigenvalue weighted by atomic mass is 32.2. The number of carbonyl (C=O) groups is 1. The van der Waals surface area contributed by atoms with Gasteiger partial charge in [0, 0.05) is 43.6 Å². The lowest BCUT2D eigenvalue weighted by Crippen LogP contribution is -2.50. The first kappa shape index (κ1) is 11.8. The van der Waals surface area contributed by atoms with E-state index in [0.717, 1.165) is 38.2 Å². The van der Waals surface area contributed by atoms with E-state index in [4.69, 9.17) is 0 Å². The Bertz CT molecular complexity index is 326. The molecule has 0 bridgehead atoms. The number of aliphatic hydroxyl groups excluding tert-OH is 1. The number of carbonyl (C=O) groups excluding carboxylic acids is 1. The molecule has 0 aromatic heterocycles. The second-order valence-corrected chi connectivity index (χ2v) is 6.75. The molecule has 0 aromatic rings. The number of likely N-dealkylation sites (tertiary alicyclic amines) is 2. The maximum absolute atomic E-state index is 12.1. The third kappa shape index (κ3) is 1.98. The van der Waals surface area contributed by atoms with Crippen molar-refractivity contribution in [3.63, 3.8) is 0 Å². The van der Waals surface area contributed by atoms with Crippen molar-refractivity contribution < 1.29 is 9.90 Å². The van der Waals surface area contributed by atoms with E-state index >= 15 is 0 Å². The third-order valence-electron chi connectivity index (χ3n) is 4.39. The predicted octanol–water partition coefficient (Wildman–Crippen LogP) is 0.0153. The van der Waals surface area contributed by atoms with Gasteiger partial charge in [0.05, 0.1) is 12.1 Å². The summed E-state index contributed by atoms with van der Waals surface area (Å²) in [4.78, 5) is 16.3. The fourth-order valence-electron chi connectivity index (χ4n) is 3.32.